The molecule has 1 saturated heterocycles. The van der Waals surface area contributed by atoms with Crippen LogP contribution < -0.4 is 0 Å². The third-order valence-electron chi connectivity index (χ3n) is 3.81. The smallest absolute Gasteiger partial charge is 0.311 e. The number of rotatable bonds is 3. The van der Waals surface area contributed by atoms with E-state index in [1.54, 1.807) is 7.11 Å². The van der Waals surface area contributed by atoms with Gasteiger partial charge in [-0.3, -0.25) is 9.69 Å². The molecule has 15 heavy (non-hydrogen) atoms. The fourth-order valence-electron chi connectivity index (χ4n) is 2.82. The summed E-state index contributed by atoms with van der Waals surface area (Å²) in [7, 11) is 1.75. The Bertz CT molecular complexity index is 261. The van der Waals surface area contributed by atoms with E-state index in [1.165, 1.54) is 6.42 Å². The largest absolute Gasteiger partial charge is 0.481 e. The first-order valence-corrected chi connectivity index (χ1v) is 5.57. The average Bonchev–Trinajstić information content (AvgIpc) is 2.59. The van der Waals surface area contributed by atoms with E-state index >= 15 is 0 Å². The number of hydrogen-bond acceptors (Lipinski definition) is 3. The van der Waals surface area contributed by atoms with Gasteiger partial charge in [0.05, 0.1) is 11.5 Å². The Hall–Kier alpha value is -0.610. The van der Waals surface area contributed by atoms with Crippen molar-refractivity contribution in [3.63, 3.8) is 0 Å². The van der Waals surface area contributed by atoms with Crippen LogP contribution in [-0.2, 0) is 9.53 Å². The summed E-state index contributed by atoms with van der Waals surface area (Å²) in [5, 5.41) is 9.02. The molecule has 0 radical (unpaired) electrons. The summed E-state index contributed by atoms with van der Waals surface area (Å²) in [6.45, 7) is 3.17. The van der Waals surface area contributed by atoms with Crippen LogP contribution in [0, 0.1) is 5.41 Å². The molecule has 0 aromatic carbocycles. The van der Waals surface area contributed by atoms with Crippen LogP contribution in [0.25, 0.3) is 0 Å². The Labute approximate surface area is 90.2 Å². The predicted molar refractivity (Wildman–Crippen MR) is 55.8 cm³/mol. The first-order valence-electron chi connectivity index (χ1n) is 5.57. The molecule has 1 aliphatic heterocycles. The zero-order chi connectivity index (χ0) is 11.1. The number of hydrogen-bond donors (Lipinski definition) is 1. The van der Waals surface area contributed by atoms with Crippen LogP contribution in [-0.4, -0.2) is 48.3 Å². The maximum atomic E-state index is 11.0. The normalized spacial score (nSPS) is 35.1. The molecule has 2 unspecified atom stereocenters. The lowest BCUT2D eigenvalue weighted by molar-refractivity contribution is -0.162. The molecule has 0 spiro atoms. The van der Waals surface area contributed by atoms with E-state index in [4.69, 9.17) is 9.84 Å². The van der Waals surface area contributed by atoms with E-state index in [1.807, 2.05) is 6.92 Å². The second-order valence-electron chi connectivity index (χ2n) is 5.04. The lowest BCUT2D eigenvalue weighted by Gasteiger charge is -2.49. The van der Waals surface area contributed by atoms with E-state index in [-0.39, 0.29) is 0 Å². The van der Waals surface area contributed by atoms with Crippen molar-refractivity contribution >= 4 is 5.97 Å². The zero-order valence-corrected chi connectivity index (χ0v) is 9.40. The quantitative estimate of drug-likeness (QED) is 0.758. The summed E-state index contributed by atoms with van der Waals surface area (Å²) < 4.78 is 5.42. The second kappa shape index (κ2) is 3.76. The molecule has 0 bridgehead atoms. The van der Waals surface area contributed by atoms with Crippen molar-refractivity contribution in [2.45, 2.75) is 38.3 Å². The van der Waals surface area contributed by atoms with Crippen molar-refractivity contribution in [1.82, 2.24) is 4.90 Å². The summed E-state index contributed by atoms with van der Waals surface area (Å²) >= 11 is 0. The number of likely N-dealkylation sites (tertiary alicyclic amines) is 1. The van der Waals surface area contributed by atoms with Crippen LogP contribution in [0.2, 0.25) is 0 Å². The number of carbonyl (C=O) groups is 1. The minimum atomic E-state index is -0.675. The Morgan fingerprint density at radius 2 is 2.13 bits per heavy atom. The third-order valence-corrected chi connectivity index (χ3v) is 3.81. The van der Waals surface area contributed by atoms with Crippen LogP contribution >= 0.6 is 0 Å². The molecule has 2 atom stereocenters. The topological polar surface area (TPSA) is 49.8 Å². The van der Waals surface area contributed by atoms with Crippen molar-refractivity contribution in [3.8, 4) is 0 Å². The molecular formula is C11H19NO3. The number of carboxylic acids is 1. The molecule has 0 aromatic rings. The minimum Gasteiger partial charge on any atom is -0.481 e. The van der Waals surface area contributed by atoms with Gasteiger partial charge in [-0.15, -0.1) is 0 Å². The van der Waals surface area contributed by atoms with E-state index in [9.17, 15) is 4.79 Å². The van der Waals surface area contributed by atoms with Gasteiger partial charge < -0.3 is 9.84 Å². The van der Waals surface area contributed by atoms with Gasteiger partial charge in [-0.25, -0.2) is 0 Å². The van der Waals surface area contributed by atoms with Gasteiger partial charge in [-0.2, -0.15) is 0 Å². The van der Waals surface area contributed by atoms with Crippen molar-refractivity contribution in [1.29, 1.82) is 0 Å². The summed E-state index contributed by atoms with van der Waals surface area (Å²) in [5.41, 5.74) is -0.527. The number of nitrogens with zero attached hydrogens (tertiary/aromatic N) is 1. The van der Waals surface area contributed by atoms with Crippen molar-refractivity contribution < 1.29 is 14.6 Å². The Balaban J connectivity index is 1.91. The molecule has 4 heteroatoms. The van der Waals surface area contributed by atoms with Gasteiger partial charge in [0, 0.05) is 26.2 Å². The molecular weight excluding hydrogens is 194 g/mol. The molecule has 4 nitrogen and oxygen atoms in total. The first kappa shape index (κ1) is 10.9. The molecule has 86 valence electrons. The standard InChI is InChI=1S/C11H19NO3/c1-11(10(13)14)6-12(7-11)8-4-3-5-9(8)15-2/h8-9H,3-7H2,1-2H3,(H,13,14). The van der Waals surface area contributed by atoms with Gasteiger partial charge in [0.15, 0.2) is 0 Å². The number of carboxylic acid groups (broad SMARTS) is 1. The lowest BCUT2D eigenvalue weighted by Crippen LogP contribution is -2.63. The highest BCUT2D eigenvalue weighted by Crippen LogP contribution is 2.37. The number of ether oxygens (including phenoxy) is 1. The highest BCUT2D eigenvalue weighted by Gasteiger charge is 2.49. The molecule has 1 aliphatic carbocycles. The molecule has 1 saturated carbocycles. The highest BCUT2D eigenvalue weighted by molar-refractivity contribution is 5.76. The second-order valence-corrected chi connectivity index (χ2v) is 5.04. The summed E-state index contributed by atoms with van der Waals surface area (Å²) in [5.74, 6) is -0.675. The van der Waals surface area contributed by atoms with Crippen LogP contribution in [0.4, 0.5) is 0 Å². The molecule has 2 rings (SSSR count). The Morgan fingerprint density at radius 1 is 1.47 bits per heavy atom. The summed E-state index contributed by atoms with van der Waals surface area (Å²) in [6.07, 6.45) is 3.77. The SMILES string of the molecule is COC1CCCC1N1CC(C)(C(=O)O)C1. The summed E-state index contributed by atoms with van der Waals surface area (Å²) in [4.78, 5) is 13.2. The van der Waals surface area contributed by atoms with Crippen LogP contribution in [0.15, 0.2) is 0 Å². The maximum Gasteiger partial charge on any atom is 0.311 e. The zero-order valence-electron chi connectivity index (χ0n) is 9.40. The van der Waals surface area contributed by atoms with Crippen LogP contribution in [0.5, 0.6) is 0 Å². The van der Waals surface area contributed by atoms with E-state index in [0.717, 1.165) is 12.8 Å². The van der Waals surface area contributed by atoms with Crippen molar-refractivity contribution in [2.75, 3.05) is 20.2 Å². The van der Waals surface area contributed by atoms with Gasteiger partial charge in [-0.05, 0) is 26.2 Å². The maximum absolute atomic E-state index is 11.0. The fourth-order valence-corrected chi connectivity index (χ4v) is 2.82. The molecule has 0 amide bonds. The lowest BCUT2D eigenvalue weighted by atomic mass is 9.80. The van der Waals surface area contributed by atoms with Crippen LogP contribution in [0.1, 0.15) is 26.2 Å². The molecule has 0 aromatic heterocycles. The van der Waals surface area contributed by atoms with Crippen LogP contribution in [0.3, 0.4) is 0 Å². The molecule has 1 N–H and O–H groups in total. The van der Waals surface area contributed by atoms with E-state index in [2.05, 4.69) is 4.90 Å². The number of aliphatic carboxylic acids is 1. The first-order chi connectivity index (χ1) is 7.07. The van der Waals surface area contributed by atoms with Crippen molar-refractivity contribution in [3.05, 3.63) is 0 Å². The molecule has 2 aliphatic rings. The van der Waals surface area contributed by atoms with Gasteiger partial charge in [0.1, 0.15) is 0 Å². The third kappa shape index (κ3) is 1.76. The Morgan fingerprint density at radius 3 is 2.67 bits per heavy atom. The Kier molecular flexibility index (Phi) is 2.73. The van der Waals surface area contributed by atoms with Gasteiger partial charge in [0.25, 0.3) is 0 Å². The molecule has 2 fully saturated rings. The predicted octanol–water partition coefficient (Wildman–Crippen LogP) is 0.960. The number of methoxy groups -OCH3 is 1. The summed E-state index contributed by atoms with van der Waals surface area (Å²) in [6, 6.07) is 0.447. The van der Waals surface area contributed by atoms with Gasteiger partial charge >= 0.3 is 5.97 Å². The van der Waals surface area contributed by atoms with Gasteiger partial charge in [-0.1, -0.05) is 0 Å². The highest BCUT2D eigenvalue weighted by atomic mass is 16.5. The monoisotopic (exact) mass is 213 g/mol. The van der Waals surface area contributed by atoms with Crippen molar-refractivity contribution in [2.24, 2.45) is 5.41 Å². The minimum absolute atomic E-state index is 0.309. The molecule has 1 heterocycles. The fraction of sp³-hybridized carbons (Fsp3) is 0.909. The van der Waals surface area contributed by atoms with E-state index in [0.29, 0.717) is 25.2 Å². The average molecular weight is 213 g/mol. The van der Waals surface area contributed by atoms with Gasteiger partial charge in [0.2, 0.25) is 0 Å². The van der Waals surface area contributed by atoms with E-state index < -0.39 is 11.4 Å².